The van der Waals surface area contributed by atoms with Gasteiger partial charge in [0.25, 0.3) is 21.6 Å². The van der Waals surface area contributed by atoms with Crippen LogP contribution in [0.5, 0.6) is 5.75 Å². The molecule has 2 amide bonds. The van der Waals surface area contributed by atoms with E-state index in [0.29, 0.717) is 57.9 Å². The molecule has 1 aliphatic rings. The highest BCUT2D eigenvalue weighted by Crippen LogP contribution is 2.30. The van der Waals surface area contributed by atoms with Crippen molar-refractivity contribution in [3.05, 3.63) is 143 Å². The molecule has 12 nitrogen and oxygen atoms in total. The lowest BCUT2D eigenvalue weighted by Crippen LogP contribution is -2.48. The summed E-state index contributed by atoms with van der Waals surface area (Å²) >= 11 is 1.58. The minimum atomic E-state index is -4.42. The van der Waals surface area contributed by atoms with Crippen molar-refractivity contribution < 1.29 is 27.7 Å². The Labute approximate surface area is 331 Å². The number of hydrogen-bond donors (Lipinski definition) is 2. The van der Waals surface area contributed by atoms with Gasteiger partial charge in [0, 0.05) is 67.1 Å². The molecule has 0 bridgehead atoms. The molecule has 6 rings (SSSR count). The molecule has 5 aromatic carbocycles. The Balaban J connectivity index is 0.993. The zero-order valence-corrected chi connectivity index (χ0v) is 32.6. The predicted octanol–water partition coefficient (Wildman–Crippen LogP) is 7.26. The number of ether oxygens (including phenoxy) is 1. The van der Waals surface area contributed by atoms with Gasteiger partial charge in [0.2, 0.25) is 5.91 Å². The van der Waals surface area contributed by atoms with Gasteiger partial charge in [-0.2, -0.15) is 0 Å². The van der Waals surface area contributed by atoms with Crippen molar-refractivity contribution in [2.45, 2.75) is 29.6 Å². The zero-order valence-electron chi connectivity index (χ0n) is 30.9. The van der Waals surface area contributed by atoms with Crippen LogP contribution in [-0.2, 0) is 21.2 Å². The third kappa shape index (κ3) is 10.3. The van der Waals surface area contributed by atoms with E-state index in [4.69, 9.17) is 4.74 Å². The summed E-state index contributed by atoms with van der Waals surface area (Å²) in [6.07, 6.45) is 0.999. The molecule has 0 spiro atoms. The summed E-state index contributed by atoms with van der Waals surface area (Å²) < 4.78 is 34.0. The molecule has 1 fully saturated rings. The van der Waals surface area contributed by atoms with Gasteiger partial charge in [-0.05, 0) is 90.7 Å². The monoisotopic (exact) mass is 793 g/mol. The van der Waals surface area contributed by atoms with Crippen molar-refractivity contribution in [1.29, 1.82) is 0 Å². The number of anilines is 2. The Hall–Kier alpha value is -5.86. The predicted molar refractivity (Wildman–Crippen MR) is 220 cm³/mol. The number of benzene rings is 5. The van der Waals surface area contributed by atoms with E-state index in [9.17, 15) is 28.1 Å². The van der Waals surface area contributed by atoms with Crippen molar-refractivity contribution in [2.75, 3.05) is 55.3 Å². The fraction of sp³-hybridized carbons (Fsp3) is 0.238. The number of rotatable bonds is 16. The second-order valence-electron chi connectivity index (χ2n) is 13.0. The van der Waals surface area contributed by atoms with E-state index in [1.54, 1.807) is 23.9 Å². The van der Waals surface area contributed by atoms with Crippen molar-refractivity contribution >= 4 is 50.7 Å². The van der Waals surface area contributed by atoms with E-state index in [1.165, 1.54) is 24.3 Å². The molecule has 5 aromatic rings. The first-order valence-electron chi connectivity index (χ1n) is 18.3. The highest BCUT2D eigenvalue weighted by Gasteiger charge is 2.25. The maximum atomic E-state index is 13.3. The van der Waals surface area contributed by atoms with Gasteiger partial charge < -0.3 is 19.9 Å². The fourth-order valence-electron chi connectivity index (χ4n) is 6.47. The molecule has 0 aliphatic carbocycles. The maximum Gasteiger partial charge on any atom is 0.293 e. The molecule has 290 valence electrons. The third-order valence-electron chi connectivity index (χ3n) is 9.34. The van der Waals surface area contributed by atoms with Crippen LogP contribution in [-0.4, -0.2) is 75.1 Å². The van der Waals surface area contributed by atoms with Crippen LogP contribution in [0.3, 0.4) is 0 Å². The van der Waals surface area contributed by atoms with Crippen LogP contribution in [0, 0.1) is 10.1 Å². The Kier molecular flexibility index (Phi) is 13.3. The quantitative estimate of drug-likeness (QED) is 0.0452. The van der Waals surface area contributed by atoms with E-state index in [1.807, 2.05) is 83.3 Å². The summed E-state index contributed by atoms with van der Waals surface area (Å²) in [5.74, 6) is 0.669. The normalized spacial score (nSPS) is 12.9. The zero-order chi connectivity index (χ0) is 39.5. The number of amides is 2. The molecule has 0 aromatic heterocycles. The molecule has 0 radical (unpaired) electrons. The summed E-state index contributed by atoms with van der Waals surface area (Å²) in [6, 6.07) is 35.8. The number of aryl methyl sites for hydroxylation is 1. The minimum absolute atomic E-state index is 0.0879. The van der Waals surface area contributed by atoms with Gasteiger partial charge in [0.1, 0.15) is 11.4 Å². The molecule has 1 heterocycles. The van der Waals surface area contributed by atoms with Gasteiger partial charge in [-0.3, -0.25) is 19.7 Å². The number of thioether (sulfide) groups is 1. The average molecular weight is 794 g/mol. The van der Waals surface area contributed by atoms with Gasteiger partial charge in [-0.25, -0.2) is 13.1 Å². The number of hydrogen-bond acceptors (Lipinski definition) is 10. The number of sulfonamides is 1. The summed E-state index contributed by atoms with van der Waals surface area (Å²) in [5.41, 5.74) is 3.93. The maximum absolute atomic E-state index is 13.3. The molecule has 2 N–H and O–H groups in total. The third-order valence-corrected chi connectivity index (χ3v) is 11.7. The molecule has 14 heteroatoms. The van der Waals surface area contributed by atoms with Gasteiger partial charge in [0.15, 0.2) is 0 Å². The van der Waals surface area contributed by atoms with E-state index < -0.39 is 31.4 Å². The van der Waals surface area contributed by atoms with Crippen LogP contribution < -0.4 is 19.7 Å². The number of nitrogens with zero attached hydrogens (tertiary/aromatic N) is 3. The van der Waals surface area contributed by atoms with Crippen molar-refractivity contribution in [3.63, 3.8) is 0 Å². The molecule has 0 saturated carbocycles. The molecule has 0 atom stereocenters. The topological polar surface area (TPSA) is 151 Å². The second-order valence-corrected chi connectivity index (χ2v) is 15.8. The molecule has 1 saturated heterocycles. The van der Waals surface area contributed by atoms with Crippen LogP contribution in [0.15, 0.2) is 131 Å². The molecular weight excluding hydrogens is 751 g/mol. The highest BCUT2D eigenvalue weighted by molar-refractivity contribution is 7.99. The first-order chi connectivity index (χ1) is 27.1. The molecule has 56 heavy (non-hydrogen) atoms. The van der Waals surface area contributed by atoms with Crippen LogP contribution in [0.2, 0.25) is 0 Å². The lowest BCUT2D eigenvalue weighted by molar-refractivity contribution is -0.384. The van der Waals surface area contributed by atoms with E-state index in [0.717, 1.165) is 39.1 Å². The van der Waals surface area contributed by atoms with Gasteiger partial charge in [-0.15, -0.1) is 11.8 Å². The Morgan fingerprint density at radius 1 is 0.857 bits per heavy atom. The van der Waals surface area contributed by atoms with E-state index >= 15 is 0 Å². The lowest BCUT2D eigenvalue weighted by atomic mass is 9.96. The van der Waals surface area contributed by atoms with Gasteiger partial charge in [0.05, 0.1) is 16.4 Å². The van der Waals surface area contributed by atoms with Crippen LogP contribution in [0.25, 0.3) is 11.1 Å². The average Bonchev–Trinajstić information content (AvgIpc) is 3.22. The van der Waals surface area contributed by atoms with Gasteiger partial charge in [-0.1, -0.05) is 54.6 Å². The Morgan fingerprint density at radius 3 is 2.32 bits per heavy atom. The van der Waals surface area contributed by atoms with Crippen molar-refractivity contribution in [2.24, 2.45) is 0 Å². The second kappa shape index (κ2) is 18.7. The number of nitrogens with one attached hydrogen (secondary N) is 2. The number of nitro groups is 1. The number of nitro benzene ring substituents is 1. The first-order valence-corrected chi connectivity index (χ1v) is 20.8. The van der Waals surface area contributed by atoms with E-state index in [-0.39, 0.29) is 17.2 Å². The van der Waals surface area contributed by atoms with Crippen molar-refractivity contribution in [1.82, 2.24) is 9.62 Å². The summed E-state index contributed by atoms with van der Waals surface area (Å²) in [5, 5.41) is 14.8. The van der Waals surface area contributed by atoms with Crippen LogP contribution >= 0.6 is 11.8 Å². The molecule has 0 unspecified atom stereocenters. The number of carbonyl (C=O) groups excluding carboxylic acids is 2. The lowest BCUT2D eigenvalue weighted by Gasteiger charge is -2.36. The smallest absolute Gasteiger partial charge is 0.293 e. The highest BCUT2D eigenvalue weighted by atomic mass is 32.2. The SMILES string of the molecule is CCOc1cccc(-c2ccccc2CCC(=O)N2CCN(c3ccc(C(=O)NS(=O)(=O)c4ccc(NCCSc5ccccc5)c([N+](=O)[O-])c4)cc3)CC2)c1. The standard InChI is InChI=1S/C42H43N5O7S2/c1-2-54-35-11-8-10-33(29-35)38-14-7-6-9-31(38)17-22-41(48)46-26-24-45(25-27-46)34-18-15-32(16-19-34)42(49)44-56(52,53)37-20-21-39(40(30-37)47(50)51)43-23-28-55-36-12-4-3-5-13-36/h3-16,18-21,29-30,43H,2,17,22-28H2,1H3,(H,44,49). The Bertz CT molecular complexity index is 2260. The van der Waals surface area contributed by atoms with E-state index in [2.05, 4.69) is 22.3 Å². The number of piperazine rings is 1. The summed E-state index contributed by atoms with van der Waals surface area (Å²) in [6.45, 7) is 5.24. The van der Waals surface area contributed by atoms with Crippen LogP contribution in [0.4, 0.5) is 17.1 Å². The first kappa shape index (κ1) is 39.8. The Morgan fingerprint density at radius 2 is 1.59 bits per heavy atom. The minimum Gasteiger partial charge on any atom is -0.494 e. The molecular formula is C42H43N5O7S2. The van der Waals surface area contributed by atoms with Crippen molar-refractivity contribution in [3.8, 4) is 16.9 Å². The molecule has 1 aliphatic heterocycles. The summed E-state index contributed by atoms with van der Waals surface area (Å²) in [4.78, 5) is 42.1. The largest absolute Gasteiger partial charge is 0.494 e. The number of carbonyl (C=O) groups is 2. The van der Waals surface area contributed by atoms with Crippen LogP contribution in [0.1, 0.15) is 29.3 Å². The van der Waals surface area contributed by atoms with Gasteiger partial charge >= 0.3 is 0 Å². The summed E-state index contributed by atoms with van der Waals surface area (Å²) in [7, 11) is -4.42. The fourth-order valence-corrected chi connectivity index (χ4v) is 8.25.